The van der Waals surface area contributed by atoms with Crippen molar-refractivity contribution in [1.29, 1.82) is 0 Å². The number of carbonyl (C=O) groups excluding carboxylic acids is 3. The molecule has 1 fully saturated rings. The molecule has 2 aromatic carbocycles. The van der Waals surface area contributed by atoms with Crippen LogP contribution in [0.3, 0.4) is 0 Å². The Morgan fingerprint density at radius 1 is 1.09 bits per heavy atom. The molecular weight excluding hydrogens is 431 g/mol. The number of aromatic nitrogens is 2. The minimum atomic E-state index is -0.321. The van der Waals surface area contributed by atoms with Crippen LogP contribution in [0.5, 0.6) is 0 Å². The predicted molar refractivity (Wildman–Crippen MR) is 120 cm³/mol. The number of thioether (sulfide) groups is 1. The molecule has 0 saturated carbocycles. The zero-order valence-electron chi connectivity index (χ0n) is 17.6. The number of carbonyl (C=O) groups is 3. The van der Waals surface area contributed by atoms with Crippen molar-refractivity contribution in [2.75, 3.05) is 11.1 Å². The van der Waals surface area contributed by atoms with E-state index < -0.39 is 0 Å². The van der Waals surface area contributed by atoms with Crippen LogP contribution in [0.1, 0.15) is 22.5 Å². The van der Waals surface area contributed by atoms with Gasteiger partial charge in [-0.25, -0.2) is 9.07 Å². The smallest absolute Gasteiger partial charge is 0.289 e. The normalized spacial score (nSPS) is 13.7. The van der Waals surface area contributed by atoms with Gasteiger partial charge in [0.1, 0.15) is 5.82 Å². The highest BCUT2D eigenvalue weighted by atomic mass is 32.2. The third-order valence-corrected chi connectivity index (χ3v) is 6.13. The number of rotatable bonds is 6. The Morgan fingerprint density at radius 3 is 2.41 bits per heavy atom. The van der Waals surface area contributed by atoms with E-state index in [1.807, 2.05) is 13.8 Å². The average molecular weight is 453 g/mol. The maximum Gasteiger partial charge on any atom is 0.289 e. The predicted octanol–water partition coefficient (Wildman–Crippen LogP) is 4.00. The maximum atomic E-state index is 13.2. The van der Waals surface area contributed by atoms with Crippen molar-refractivity contribution >= 4 is 34.5 Å². The summed E-state index contributed by atoms with van der Waals surface area (Å²) in [5.74, 6) is -0.518. The molecule has 0 radical (unpaired) electrons. The van der Waals surface area contributed by atoms with Crippen molar-refractivity contribution in [1.82, 2.24) is 14.7 Å². The molecule has 9 heteroatoms. The first kappa shape index (κ1) is 21.8. The Morgan fingerprint density at radius 2 is 1.78 bits per heavy atom. The van der Waals surface area contributed by atoms with E-state index in [0.29, 0.717) is 5.69 Å². The summed E-state index contributed by atoms with van der Waals surface area (Å²) in [6.07, 6.45) is 0.147. The number of halogens is 1. The van der Waals surface area contributed by atoms with E-state index in [2.05, 4.69) is 10.4 Å². The summed E-state index contributed by atoms with van der Waals surface area (Å²) in [5.41, 5.74) is 4.51. The standard InChI is InChI=1S/C23H21FN4O3S/c1-14-20(15(2)28(26-14)19-9-5-17(24)6-10-19)11-21(29)25-18-7-3-16(4-8-18)12-27-22(30)13-32-23(27)31/h3-10H,11-13H2,1-2H3,(H,25,29). The highest BCUT2D eigenvalue weighted by molar-refractivity contribution is 8.14. The van der Waals surface area contributed by atoms with E-state index in [9.17, 15) is 18.8 Å². The van der Waals surface area contributed by atoms with E-state index >= 15 is 0 Å². The Hall–Kier alpha value is -3.46. The average Bonchev–Trinajstić information content (AvgIpc) is 3.23. The zero-order chi connectivity index (χ0) is 22.8. The van der Waals surface area contributed by atoms with E-state index in [-0.39, 0.29) is 41.6 Å². The van der Waals surface area contributed by atoms with Crippen LogP contribution >= 0.6 is 11.8 Å². The third kappa shape index (κ3) is 4.57. The minimum Gasteiger partial charge on any atom is -0.326 e. The molecule has 1 aliphatic rings. The van der Waals surface area contributed by atoms with E-state index in [1.165, 1.54) is 17.0 Å². The van der Waals surface area contributed by atoms with Gasteiger partial charge in [0, 0.05) is 16.9 Å². The van der Waals surface area contributed by atoms with Gasteiger partial charge in [-0.1, -0.05) is 23.9 Å². The molecule has 1 N–H and O–H groups in total. The Labute approximate surface area is 188 Å². The van der Waals surface area contributed by atoms with Gasteiger partial charge < -0.3 is 5.32 Å². The maximum absolute atomic E-state index is 13.2. The number of nitrogens with one attached hydrogen (secondary N) is 1. The van der Waals surface area contributed by atoms with Crippen molar-refractivity contribution in [3.05, 3.63) is 76.9 Å². The van der Waals surface area contributed by atoms with Gasteiger partial charge in [0.15, 0.2) is 0 Å². The van der Waals surface area contributed by atoms with Crippen molar-refractivity contribution < 1.29 is 18.8 Å². The highest BCUT2D eigenvalue weighted by Crippen LogP contribution is 2.22. The molecular formula is C23H21FN4O3S. The van der Waals surface area contributed by atoms with Crippen LogP contribution in [0, 0.1) is 19.7 Å². The number of anilines is 1. The molecule has 4 rings (SSSR count). The molecule has 0 unspecified atom stereocenters. The van der Waals surface area contributed by atoms with Crippen LogP contribution in [-0.4, -0.2) is 37.5 Å². The van der Waals surface area contributed by atoms with Gasteiger partial charge in [-0.2, -0.15) is 5.10 Å². The molecule has 7 nitrogen and oxygen atoms in total. The van der Waals surface area contributed by atoms with Gasteiger partial charge in [0.2, 0.25) is 11.8 Å². The third-order valence-electron chi connectivity index (χ3n) is 5.27. The first-order valence-electron chi connectivity index (χ1n) is 9.99. The van der Waals surface area contributed by atoms with Crippen molar-refractivity contribution in [3.63, 3.8) is 0 Å². The lowest BCUT2D eigenvalue weighted by Crippen LogP contribution is -2.27. The Bertz CT molecular complexity index is 1170. The summed E-state index contributed by atoms with van der Waals surface area (Å²) in [6, 6.07) is 13.1. The molecule has 0 aliphatic carbocycles. The first-order valence-corrected chi connectivity index (χ1v) is 11.0. The number of amides is 3. The summed E-state index contributed by atoms with van der Waals surface area (Å²) >= 11 is 1.01. The van der Waals surface area contributed by atoms with E-state index in [4.69, 9.17) is 0 Å². The van der Waals surface area contributed by atoms with Crippen LogP contribution in [0.25, 0.3) is 5.69 Å². The molecule has 0 spiro atoms. The summed E-state index contributed by atoms with van der Waals surface area (Å²) in [5, 5.41) is 7.12. The van der Waals surface area contributed by atoms with Gasteiger partial charge in [-0.15, -0.1) is 0 Å². The molecule has 1 aromatic heterocycles. The number of hydrogen-bond donors (Lipinski definition) is 1. The highest BCUT2D eigenvalue weighted by Gasteiger charge is 2.29. The summed E-state index contributed by atoms with van der Waals surface area (Å²) in [6.45, 7) is 3.93. The molecule has 0 atom stereocenters. The van der Waals surface area contributed by atoms with Crippen LogP contribution in [0.2, 0.25) is 0 Å². The summed E-state index contributed by atoms with van der Waals surface area (Å²) < 4.78 is 14.9. The quantitative estimate of drug-likeness (QED) is 0.611. The number of imide groups is 1. The number of aryl methyl sites for hydroxylation is 1. The lowest BCUT2D eigenvalue weighted by Gasteiger charge is -2.13. The monoisotopic (exact) mass is 452 g/mol. The van der Waals surface area contributed by atoms with Crippen LogP contribution in [0.15, 0.2) is 48.5 Å². The minimum absolute atomic E-state index is 0.147. The largest absolute Gasteiger partial charge is 0.326 e. The fourth-order valence-electron chi connectivity index (χ4n) is 3.54. The zero-order valence-corrected chi connectivity index (χ0v) is 18.4. The summed E-state index contributed by atoms with van der Waals surface area (Å²) in [7, 11) is 0. The topological polar surface area (TPSA) is 84.3 Å². The molecule has 164 valence electrons. The lowest BCUT2D eigenvalue weighted by molar-refractivity contribution is -0.125. The second-order valence-electron chi connectivity index (χ2n) is 7.49. The summed E-state index contributed by atoms with van der Waals surface area (Å²) in [4.78, 5) is 37.3. The van der Waals surface area contributed by atoms with Crippen LogP contribution in [0.4, 0.5) is 14.9 Å². The van der Waals surface area contributed by atoms with Gasteiger partial charge >= 0.3 is 0 Å². The van der Waals surface area contributed by atoms with Crippen LogP contribution in [-0.2, 0) is 22.6 Å². The number of benzene rings is 2. The molecule has 1 saturated heterocycles. The van der Waals surface area contributed by atoms with Crippen molar-refractivity contribution in [3.8, 4) is 5.69 Å². The van der Waals surface area contributed by atoms with Crippen molar-refractivity contribution in [2.45, 2.75) is 26.8 Å². The molecule has 32 heavy (non-hydrogen) atoms. The Kier molecular flexibility index (Phi) is 6.09. The van der Waals surface area contributed by atoms with Gasteiger partial charge in [0.25, 0.3) is 5.24 Å². The first-order chi connectivity index (χ1) is 15.3. The van der Waals surface area contributed by atoms with E-state index in [1.54, 1.807) is 41.1 Å². The second kappa shape index (κ2) is 8.96. The fourth-order valence-corrected chi connectivity index (χ4v) is 4.27. The molecule has 0 bridgehead atoms. The molecule has 3 aromatic rings. The fraction of sp³-hybridized carbons (Fsp3) is 0.217. The SMILES string of the molecule is Cc1nn(-c2ccc(F)cc2)c(C)c1CC(=O)Nc1ccc(CN2C(=O)CSC2=O)cc1. The van der Waals surface area contributed by atoms with E-state index in [0.717, 1.165) is 40.0 Å². The molecule has 1 aliphatic heterocycles. The van der Waals surface area contributed by atoms with Gasteiger partial charge in [-0.3, -0.25) is 19.3 Å². The lowest BCUT2D eigenvalue weighted by atomic mass is 10.1. The number of hydrogen-bond acceptors (Lipinski definition) is 5. The Balaban J connectivity index is 1.41. The molecule has 3 amide bonds. The van der Waals surface area contributed by atoms with Crippen molar-refractivity contribution in [2.24, 2.45) is 0 Å². The van der Waals surface area contributed by atoms with Crippen LogP contribution < -0.4 is 5.32 Å². The number of nitrogens with zero attached hydrogens (tertiary/aromatic N) is 3. The van der Waals surface area contributed by atoms with Gasteiger partial charge in [0.05, 0.1) is 30.1 Å². The second-order valence-corrected chi connectivity index (χ2v) is 8.42. The molecule has 2 heterocycles. The van der Waals surface area contributed by atoms with Gasteiger partial charge in [-0.05, 0) is 55.8 Å².